The van der Waals surface area contributed by atoms with Crippen LogP contribution < -0.4 is 4.74 Å². The van der Waals surface area contributed by atoms with E-state index in [2.05, 4.69) is 10.3 Å². The highest BCUT2D eigenvalue weighted by Crippen LogP contribution is 2.27. The predicted octanol–water partition coefficient (Wildman–Crippen LogP) is 1.47. The summed E-state index contributed by atoms with van der Waals surface area (Å²) in [6, 6.07) is 4.70. The number of hydrogen-bond acceptors (Lipinski definition) is 6. The number of benzene rings is 1. The van der Waals surface area contributed by atoms with Gasteiger partial charge in [0.1, 0.15) is 11.3 Å². The smallest absolute Gasteiger partial charge is 0.311 e. The molecule has 21 heavy (non-hydrogen) atoms. The molecule has 0 saturated carbocycles. The molecule has 0 unspecified atom stereocenters. The maximum atomic E-state index is 11.0. The van der Waals surface area contributed by atoms with E-state index in [-0.39, 0.29) is 11.4 Å². The average Bonchev–Trinajstić information content (AvgIpc) is 2.87. The highest BCUT2D eigenvalue weighted by atomic mass is 16.6. The Kier molecular flexibility index (Phi) is 3.90. The van der Waals surface area contributed by atoms with E-state index in [1.807, 2.05) is 0 Å². The van der Waals surface area contributed by atoms with Crippen LogP contribution in [0.2, 0.25) is 0 Å². The second-order valence-corrected chi connectivity index (χ2v) is 5.12. The van der Waals surface area contributed by atoms with Gasteiger partial charge in [0, 0.05) is 6.07 Å². The van der Waals surface area contributed by atoms with Gasteiger partial charge in [0.25, 0.3) is 0 Å². The first-order valence-electron chi connectivity index (χ1n) is 6.25. The van der Waals surface area contributed by atoms with Gasteiger partial charge in [-0.25, -0.2) is 4.68 Å². The first-order chi connectivity index (χ1) is 9.81. The van der Waals surface area contributed by atoms with Crippen molar-refractivity contribution in [3.63, 3.8) is 0 Å². The van der Waals surface area contributed by atoms with Crippen LogP contribution in [0.15, 0.2) is 24.4 Å². The molecular weight excluding hydrogens is 276 g/mol. The molecule has 1 aromatic heterocycles. The van der Waals surface area contributed by atoms with Crippen molar-refractivity contribution < 1.29 is 14.8 Å². The van der Waals surface area contributed by atoms with Crippen LogP contribution >= 0.6 is 0 Å². The van der Waals surface area contributed by atoms with E-state index in [9.17, 15) is 15.2 Å². The number of nitro groups is 1. The standard InChI is InChI=1S/C13H16N4O4/c1-13(2,18)12-8-16(15-14-12)7-9-4-5-11(21-3)10(6-9)17(19)20/h4-6,8,18H,7H2,1-3H3. The summed E-state index contributed by atoms with van der Waals surface area (Å²) in [5.74, 6) is 0.208. The monoisotopic (exact) mass is 292 g/mol. The Hall–Kier alpha value is -2.48. The number of nitrogens with zero attached hydrogens (tertiary/aromatic N) is 4. The van der Waals surface area contributed by atoms with Crippen LogP contribution in [-0.4, -0.2) is 32.1 Å². The lowest BCUT2D eigenvalue weighted by molar-refractivity contribution is -0.385. The van der Waals surface area contributed by atoms with Crippen molar-refractivity contribution >= 4 is 5.69 Å². The van der Waals surface area contributed by atoms with E-state index >= 15 is 0 Å². The molecule has 8 heteroatoms. The highest BCUT2D eigenvalue weighted by molar-refractivity contribution is 5.48. The number of aliphatic hydroxyl groups is 1. The summed E-state index contributed by atoms with van der Waals surface area (Å²) in [6.45, 7) is 3.53. The zero-order chi connectivity index (χ0) is 15.6. The molecule has 1 heterocycles. The Morgan fingerprint density at radius 1 is 1.48 bits per heavy atom. The van der Waals surface area contributed by atoms with Crippen molar-refractivity contribution in [3.8, 4) is 5.75 Å². The minimum atomic E-state index is -1.08. The summed E-state index contributed by atoms with van der Waals surface area (Å²) in [7, 11) is 1.38. The van der Waals surface area contributed by atoms with Crippen LogP contribution in [0, 0.1) is 10.1 Å². The number of aromatic nitrogens is 3. The predicted molar refractivity (Wildman–Crippen MR) is 74.0 cm³/mol. The molecule has 2 aromatic rings. The van der Waals surface area contributed by atoms with Crippen molar-refractivity contribution in [2.45, 2.75) is 26.0 Å². The van der Waals surface area contributed by atoms with Crippen LogP contribution in [0.5, 0.6) is 5.75 Å². The van der Waals surface area contributed by atoms with Gasteiger partial charge in [0.05, 0.1) is 24.8 Å². The largest absolute Gasteiger partial charge is 0.490 e. The molecule has 0 amide bonds. The van der Waals surface area contributed by atoms with Crippen molar-refractivity contribution in [2.75, 3.05) is 7.11 Å². The Morgan fingerprint density at radius 2 is 2.19 bits per heavy atom. The van der Waals surface area contributed by atoms with Gasteiger partial charge < -0.3 is 9.84 Å². The molecule has 1 aromatic carbocycles. The normalized spacial score (nSPS) is 11.4. The van der Waals surface area contributed by atoms with Crippen molar-refractivity contribution in [1.29, 1.82) is 0 Å². The van der Waals surface area contributed by atoms with Gasteiger partial charge in [-0.1, -0.05) is 11.3 Å². The van der Waals surface area contributed by atoms with Crippen LogP contribution in [0.3, 0.4) is 0 Å². The molecule has 0 bridgehead atoms. The molecule has 0 aliphatic heterocycles. The minimum Gasteiger partial charge on any atom is -0.490 e. The molecule has 0 radical (unpaired) electrons. The topological polar surface area (TPSA) is 103 Å². The Bertz CT molecular complexity index is 660. The lowest BCUT2D eigenvalue weighted by Gasteiger charge is -2.11. The maximum absolute atomic E-state index is 11.0. The van der Waals surface area contributed by atoms with Crippen LogP contribution in [0.1, 0.15) is 25.1 Å². The third kappa shape index (κ3) is 3.34. The third-order valence-corrected chi connectivity index (χ3v) is 2.95. The van der Waals surface area contributed by atoms with Gasteiger partial charge in [0.15, 0.2) is 5.75 Å². The maximum Gasteiger partial charge on any atom is 0.311 e. The Morgan fingerprint density at radius 3 is 2.71 bits per heavy atom. The number of nitro benzene ring substituents is 1. The minimum absolute atomic E-state index is 0.0992. The van der Waals surface area contributed by atoms with E-state index in [4.69, 9.17) is 4.74 Å². The lowest BCUT2D eigenvalue weighted by Crippen LogP contribution is -2.15. The van der Waals surface area contributed by atoms with Gasteiger partial charge in [-0.3, -0.25) is 10.1 Å². The van der Waals surface area contributed by atoms with Crippen molar-refractivity contribution in [2.24, 2.45) is 0 Å². The zero-order valence-electron chi connectivity index (χ0n) is 12.0. The van der Waals surface area contributed by atoms with Crippen LogP contribution in [0.4, 0.5) is 5.69 Å². The van der Waals surface area contributed by atoms with Crippen LogP contribution in [0.25, 0.3) is 0 Å². The zero-order valence-corrected chi connectivity index (χ0v) is 12.0. The van der Waals surface area contributed by atoms with Crippen LogP contribution in [-0.2, 0) is 12.1 Å². The molecular formula is C13H16N4O4. The van der Waals surface area contributed by atoms with Crippen molar-refractivity contribution in [3.05, 3.63) is 45.8 Å². The van der Waals surface area contributed by atoms with E-state index in [1.165, 1.54) is 17.9 Å². The molecule has 0 fully saturated rings. The van der Waals surface area contributed by atoms with Gasteiger partial charge in [-0.05, 0) is 25.5 Å². The quantitative estimate of drug-likeness (QED) is 0.661. The van der Waals surface area contributed by atoms with Gasteiger partial charge in [-0.15, -0.1) is 5.10 Å². The summed E-state index contributed by atoms with van der Waals surface area (Å²) in [6.07, 6.45) is 1.61. The first kappa shape index (κ1) is 14.9. The molecule has 0 atom stereocenters. The molecule has 0 aliphatic rings. The fourth-order valence-electron chi connectivity index (χ4n) is 1.82. The SMILES string of the molecule is COc1ccc(Cn2cc(C(C)(C)O)nn2)cc1[N+](=O)[O-]. The van der Waals surface area contributed by atoms with E-state index < -0.39 is 10.5 Å². The Labute approximate surface area is 121 Å². The number of ether oxygens (including phenoxy) is 1. The Balaban J connectivity index is 2.26. The molecule has 0 spiro atoms. The summed E-state index contributed by atoms with van der Waals surface area (Å²) in [5.41, 5.74) is -0.0533. The number of hydrogen-bond donors (Lipinski definition) is 1. The second-order valence-electron chi connectivity index (χ2n) is 5.12. The summed E-state index contributed by atoms with van der Waals surface area (Å²) < 4.78 is 6.46. The second kappa shape index (κ2) is 5.49. The van der Waals surface area contributed by atoms with Gasteiger partial charge >= 0.3 is 5.69 Å². The molecule has 1 N–H and O–H groups in total. The number of methoxy groups -OCH3 is 1. The first-order valence-corrected chi connectivity index (χ1v) is 6.25. The fraction of sp³-hybridized carbons (Fsp3) is 0.385. The van der Waals surface area contributed by atoms with Crippen molar-refractivity contribution in [1.82, 2.24) is 15.0 Å². The third-order valence-electron chi connectivity index (χ3n) is 2.95. The molecule has 112 valence electrons. The summed E-state index contributed by atoms with van der Waals surface area (Å²) in [5, 5.41) is 28.6. The van der Waals surface area contributed by atoms with E-state index in [0.717, 1.165) is 0 Å². The summed E-state index contributed by atoms with van der Waals surface area (Å²) >= 11 is 0. The lowest BCUT2D eigenvalue weighted by atomic mass is 10.1. The molecule has 0 aliphatic carbocycles. The van der Waals surface area contributed by atoms with E-state index in [1.54, 1.807) is 32.2 Å². The van der Waals surface area contributed by atoms with Gasteiger partial charge in [0.2, 0.25) is 0 Å². The summed E-state index contributed by atoms with van der Waals surface area (Å²) in [4.78, 5) is 10.5. The molecule has 0 saturated heterocycles. The highest BCUT2D eigenvalue weighted by Gasteiger charge is 2.20. The van der Waals surface area contributed by atoms with E-state index in [0.29, 0.717) is 17.8 Å². The van der Waals surface area contributed by atoms with Gasteiger partial charge in [-0.2, -0.15) is 0 Å². The molecule has 2 rings (SSSR count). The number of rotatable bonds is 5. The molecule has 8 nitrogen and oxygen atoms in total. The fourth-order valence-corrected chi connectivity index (χ4v) is 1.82. The average molecular weight is 292 g/mol.